The van der Waals surface area contributed by atoms with Gasteiger partial charge in [-0.1, -0.05) is 13.3 Å². The minimum absolute atomic E-state index is 0.117. The van der Waals surface area contributed by atoms with Crippen molar-refractivity contribution in [3.63, 3.8) is 0 Å². The molecule has 4 heteroatoms. The average Bonchev–Trinajstić information content (AvgIpc) is 2.28. The predicted molar refractivity (Wildman–Crippen MR) is 70.9 cm³/mol. The Hall–Kier alpha value is -0.220. The lowest BCUT2D eigenvalue weighted by Crippen LogP contribution is -2.38. The van der Waals surface area contributed by atoms with E-state index < -0.39 is 0 Å². The van der Waals surface area contributed by atoms with Crippen molar-refractivity contribution >= 4 is 17.7 Å². The zero-order chi connectivity index (χ0) is 12.2. The van der Waals surface area contributed by atoms with Gasteiger partial charge in [0.15, 0.2) is 0 Å². The number of ether oxygens (including phenoxy) is 1. The first-order chi connectivity index (χ1) is 7.76. The smallest absolute Gasteiger partial charge is 0.323 e. The molecule has 0 rings (SSSR count). The van der Waals surface area contributed by atoms with Crippen LogP contribution in [0.4, 0.5) is 0 Å². The Labute approximate surface area is 104 Å². The number of thioether (sulfide) groups is 1. The summed E-state index contributed by atoms with van der Waals surface area (Å²) >= 11 is 1.89. The largest absolute Gasteiger partial charge is 0.465 e. The third kappa shape index (κ3) is 7.99. The fourth-order valence-corrected chi connectivity index (χ4v) is 1.95. The van der Waals surface area contributed by atoms with Gasteiger partial charge >= 0.3 is 5.97 Å². The molecule has 3 nitrogen and oxygen atoms in total. The number of carbonyl (C=O) groups is 1. The maximum atomic E-state index is 11.5. The fourth-order valence-electron chi connectivity index (χ4n) is 1.46. The van der Waals surface area contributed by atoms with Crippen LogP contribution in [0.25, 0.3) is 0 Å². The Morgan fingerprint density at radius 1 is 1.31 bits per heavy atom. The van der Waals surface area contributed by atoms with Crippen LogP contribution in [0.1, 0.15) is 39.5 Å². The SMILES string of the molecule is CCOC(=O)C(CC)NCCCCCSC. The van der Waals surface area contributed by atoms with Crippen molar-refractivity contribution in [3.05, 3.63) is 0 Å². The van der Waals surface area contributed by atoms with Crippen LogP contribution in [-0.4, -0.2) is 37.2 Å². The number of unbranched alkanes of at least 4 members (excludes halogenated alkanes) is 2. The van der Waals surface area contributed by atoms with E-state index in [9.17, 15) is 4.79 Å². The molecule has 0 fully saturated rings. The van der Waals surface area contributed by atoms with Gasteiger partial charge in [-0.05, 0) is 44.7 Å². The van der Waals surface area contributed by atoms with Crippen molar-refractivity contribution in [2.45, 2.75) is 45.6 Å². The molecule has 0 aliphatic carbocycles. The van der Waals surface area contributed by atoms with Crippen LogP contribution in [-0.2, 0) is 9.53 Å². The lowest BCUT2D eigenvalue weighted by molar-refractivity contribution is -0.145. The van der Waals surface area contributed by atoms with Gasteiger partial charge in [-0.15, -0.1) is 0 Å². The Morgan fingerprint density at radius 2 is 2.06 bits per heavy atom. The van der Waals surface area contributed by atoms with Crippen molar-refractivity contribution in [1.29, 1.82) is 0 Å². The molecule has 0 radical (unpaired) electrons. The highest BCUT2D eigenvalue weighted by atomic mass is 32.2. The molecule has 1 unspecified atom stereocenters. The van der Waals surface area contributed by atoms with Crippen LogP contribution in [0.5, 0.6) is 0 Å². The molecule has 0 bridgehead atoms. The van der Waals surface area contributed by atoms with Gasteiger partial charge in [0.25, 0.3) is 0 Å². The topological polar surface area (TPSA) is 38.3 Å². The predicted octanol–water partition coefficient (Wildman–Crippen LogP) is 2.45. The highest BCUT2D eigenvalue weighted by Gasteiger charge is 2.15. The molecule has 16 heavy (non-hydrogen) atoms. The lowest BCUT2D eigenvalue weighted by atomic mass is 10.2. The number of nitrogens with one attached hydrogen (secondary N) is 1. The highest BCUT2D eigenvalue weighted by molar-refractivity contribution is 7.98. The second-order valence-corrected chi connectivity index (χ2v) is 4.71. The molecule has 1 N–H and O–H groups in total. The van der Waals surface area contributed by atoms with E-state index in [4.69, 9.17) is 4.74 Å². The van der Waals surface area contributed by atoms with Gasteiger partial charge < -0.3 is 10.1 Å². The standard InChI is InChI=1S/C12H25NO2S/c1-4-11(12(14)15-5-2)13-9-7-6-8-10-16-3/h11,13H,4-10H2,1-3H3. The number of esters is 1. The second-order valence-electron chi connectivity index (χ2n) is 3.72. The van der Waals surface area contributed by atoms with Crippen molar-refractivity contribution < 1.29 is 9.53 Å². The van der Waals surface area contributed by atoms with Crippen LogP contribution < -0.4 is 5.32 Å². The highest BCUT2D eigenvalue weighted by Crippen LogP contribution is 2.02. The summed E-state index contributed by atoms with van der Waals surface area (Å²) in [6, 6.07) is -0.125. The molecule has 0 amide bonds. The summed E-state index contributed by atoms with van der Waals surface area (Å²) in [5, 5.41) is 3.25. The van der Waals surface area contributed by atoms with Crippen molar-refractivity contribution in [3.8, 4) is 0 Å². The van der Waals surface area contributed by atoms with E-state index in [-0.39, 0.29) is 12.0 Å². The van der Waals surface area contributed by atoms with E-state index in [1.807, 2.05) is 25.6 Å². The minimum atomic E-state index is -0.125. The number of rotatable bonds is 10. The first kappa shape index (κ1) is 15.8. The van der Waals surface area contributed by atoms with Gasteiger partial charge in [0.2, 0.25) is 0 Å². The Bertz CT molecular complexity index is 176. The van der Waals surface area contributed by atoms with E-state index in [0.29, 0.717) is 6.61 Å². The fraction of sp³-hybridized carbons (Fsp3) is 0.917. The van der Waals surface area contributed by atoms with Crippen LogP contribution in [0, 0.1) is 0 Å². The minimum Gasteiger partial charge on any atom is -0.465 e. The number of hydrogen-bond donors (Lipinski definition) is 1. The zero-order valence-corrected chi connectivity index (χ0v) is 11.6. The van der Waals surface area contributed by atoms with Gasteiger partial charge in [0, 0.05) is 0 Å². The van der Waals surface area contributed by atoms with Gasteiger partial charge in [-0.2, -0.15) is 11.8 Å². The summed E-state index contributed by atoms with van der Waals surface area (Å²) < 4.78 is 4.99. The molecular weight excluding hydrogens is 222 g/mol. The summed E-state index contributed by atoms with van der Waals surface area (Å²) in [5.74, 6) is 1.11. The molecule has 0 saturated carbocycles. The van der Waals surface area contributed by atoms with E-state index in [2.05, 4.69) is 11.6 Å². The van der Waals surface area contributed by atoms with Gasteiger partial charge in [0.05, 0.1) is 6.61 Å². The average molecular weight is 247 g/mol. The van der Waals surface area contributed by atoms with Crippen LogP contribution >= 0.6 is 11.8 Å². The molecule has 0 heterocycles. The lowest BCUT2D eigenvalue weighted by Gasteiger charge is -2.15. The van der Waals surface area contributed by atoms with Crippen LogP contribution in [0.15, 0.2) is 0 Å². The molecule has 0 aromatic heterocycles. The molecule has 0 aromatic carbocycles. The van der Waals surface area contributed by atoms with Gasteiger partial charge in [-0.25, -0.2) is 0 Å². The Balaban J connectivity index is 3.51. The molecule has 1 atom stereocenters. The molecule has 96 valence electrons. The molecular formula is C12H25NO2S. The molecule has 0 spiro atoms. The summed E-state index contributed by atoms with van der Waals surface area (Å²) in [6.45, 7) is 5.21. The van der Waals surface area contributed by atoms with Gasteiger partial charge in [-0.3, -0.25) is 4.79 Å². The third-order valence-corrected chi connectivity index (χ3v) is 3.09. The van der Waals surface area contributed by atoms with Crippen LogP contribution in [0.2, 0.25) is 0 Å². The monoisotopic (exact) mass is 247 g/mol. The Kier molecular flexibility index (Phi) is 11.1. The van der Waals surface area contributed by atoms with Crippen molar-refractivity contribution in [2.24, 2.45) is 0 Å². The van der Waals surface area contributed by atoms with E-state index in [1.54, 1.807) is 0 Å². The molecule has 0 aromatic rings. The maximum Gasteiger partial charge on any atom is 0.323 e. The Morgan fingerprint density at radius 3 is 2.62 bits per heavy atom. The molecule has 0 aliphatic heterocycles. The summed E-state index contributed by atoms with van der Waals surface area (Å²) in [7, 11) is 0. The number of hydrogen-bond acceptors (Lipinski definition) is 4. The number of carbonyl (C=O) groups excluding carboxylic acids is 1. The van der Waals surface area contributed by atoms with Crippen molar-refractivity contribution in [1.82, 2.24) is 5.32 Å². The molecule has 0 saturated heterocycles. The van der Waals surface area contributed by atoms with Crippen molar-refractivity contribution in [2.75, 3.05) is 25.2 Å². The van der Waals surface area contributed by atoms with E-state index in [1.165, 1.54) is 18.6 Å². The normalized spacial score (nSPS) is 12.4. The second kappa shape index (κ2) is 11.3. The van der Waals surface area contributed by atoms with Gasteiger partial charge in [0.1, 0.15) is 6.04 Å². The quantitative estimate of drug-likeness (QED) is 0.475. The maximum absolute atomic E-state index is 11.5. The zero-order valence-electron chi connectivity index (χ0n) is 10.8. The van der Waals surface area contributed by atoms with E-state index in [0.717, 1.165) is 19.4 Å². The van der Waals surface area contributed by atoms with Crippen LogP contribution in [0.3, 0.4) is 0 Å². The first-order valence-electron chi connectivity index (χ1n) is 6.15. The molecule has 0 aliphatic rings. The summed E-state index contributed by atoms with van der Waals surface area (Å²) in [5.41, 5.74) is 0. The van der Waals surface area contributed by atoms with E-state index >= 15 is 0 Å². The summed E-state index contributed by atoms with van der Waals surface area (Å²) in [6.07, 6.45) is 6.55. The summed E-state index contributed by atoms with van der Waals surface area (Å²) in [4.78, 5) is 11.5. The third-order valence-electron chi connectivity index (χ3n) is 2.40. The first-order valence-corrected chi connectivity index (χ1v) is 7.54.